The summed E-state index contributed by atoms with van der Waals surface area (Å²) in [5.74, 6) is 0.620. The Bertz CT molecular complexity index is 587. The van der Waals surface area contributed by atoms with Crippen LogP contribution in [0.1, 0.15) is 37.7 Å². The summed E-state index contributed by atoms with van der Waals surface area (Å²) in [6.07, 6.45) is 5.73. The van der Waals surface area contributed by atoms with Crippen LogP contribution in [0.3, 0.4) is 0 Å². The van der Waals surface area contributed by atoms with Crippen molar-refractivity contribution in [3.05, 3.63) is 35.6 Å². The summed E-state index contributed by atoms with van der Waals surface area (Å²) in [4.78, 5) is 4.28. The van der Waals surface area contributed by atoms with Crippen LogP contribution in [0.5, 0.6) is 0 Å². The molecule has 1 aromatic rings. The number of benzene rings is 1. The SMILES string of the molecule is CN=C(NCCCOCC1CCCO1)NCC1(c2ccc(F)cc2)CC1.I. The smallest absolute Gasteiger partial charge is 0.191 e. The molecule has 5 nitrogen and oxygen atoms in total. The fourth-order valence-electron chi connectivity index (χ4n) is 3.37. The van der Waals surface area contributed by atoms with Crippen LogP contribution in [0.2, 0.25) is 0 Å². The van der Waals surface area contributed by atoms with Gasteiger partial charge < -0.3 is 20.1 Å². The van der Waals surface area contributed by atoms with Gasteiger partial charge in [-0.15, -0.1) is 24.0 Å². The van der Waals surface area contributed by atoms with Crippen LogP contribution in [0.4, 0.5) is 4.39 Å². The maximum Gasteiger partial charge on any atom is 0.191 e. The zero-order valence-electron chi connectivity index (χ0n) is 16.0. The Hall–Kier alpha value is -0.930. The van der Waals surface area contributed by atoms with Crippen molar-refractivity contribution in [3.63, 3.8) is 0 Å². The third kappa shape index (κ3) is 6.87. The second kappa shape index (κ2) is 11.2. The number of nitrogens with zero attached hydrogens (tertiary/aromatic N) is 1. The van der Waals surface area contributed by atoms with E-state index in [0.29, 0.717) is 12.7 Å². The number of ether oxygens (including phenoxy) is 2. The first-order valence-electron chi connectivity index (χ1n) is 9.62. The number of halogens is 2. The van der Waals surface area contributed by atoms with Crippen molar-refractivity contribution < 1.29 is 13.9 Å². The molecule has 1 saturated heterocycles. The summed E-state index contributed by atoms with van der Waals surface area (Å²) in [7, 11) is 1.78. The monoisotopic (exact) mass is 491 g/mol. The van der Waals surface area contributed by atoms with Crippen LogP contribution < -0.4 is 10.6 Å². The van der Waals surface area contributed by atoms with Gasteiger partial charge >= 0.3 is 0 Å². The van der Waals surface area contributed by atoms with E-state index in [1.165, 1.54) is 5.56 Å². The maximum atomic E-state index is 13.1. The Morgan fingerprint density at radius 3 is 2.70 bits per heavy atom. The number of hydrogen-bond acceptors (Lipinski definition) is 3. The number of hydrogen-bond donors (Lipinski definition) is 2. The largest absolute Gasteiger partial charge is 0.379 e. The molecule has 0 amide bonds. The minimum absolute atomic E-state index is 0. The average Bonchev–Trinajstić information content (AvgIpc) is 3.27. The highest BCUT2D eigenvalue weighted by atomic mass is 127. The molecule has 2 aliphatic rings. The van der Waals surface area contributed by atoms with Gasteiger partial charge in [-0.25, -0.2) is 4.39 Å². The molecule has 1 aliphatic carbocycles. The molecule has 1 unspecified atom stereocenters. The van der Waals surface area contributed by atoms with E-state index in [1.54, 1.807) is 19.2 Å². The molecule has 3 rings (SSSR count). The van der Waals surface area contributed by atoms with Crippen LogP contribution in [0.15, 0.2) is 29.3 Å². The van der Waals surface area contributed by atoms with E-state index in [-0.39, 0.29) is 35.2 Å². The molecular weight excluding hydrogens is 460 g/mol. The molecule has 1 atom stereocenters. The molecule has 2 N–H and O–H groups in total. The highest BCUT2D eigenvalue weighted by Gasteiger charge is 2.44. The van der Waals surface area contributed by atoms with Crippen LogP contribution in [0, 0.1) is 5.82 Å². The van der Waals surface area contributed by atoms with E-state index in [4.69, 9.17) is 9.47 Å². The van der Waals surface area contributed by atoms with Crippen LogP contribution in [0.25, 0.3) is 0 Å². The second-order valence-corrected chi connectivity index (χ2v) is 7.20. The Labute approximate surface area is 178 Å². The lowest BCUT2D eigenvalue weighted by atomic mass is 9.96. The fraction of sp³-hybridized carbons (Fsp3) is 0.650. The Kier molecular flexibility index (Phi) is 9.25. The van der Waals surface area contributed by atoms with Crippen LogP contribution >= 0.6 is 24.0 Å². The molecule has 1 aliphatic heterocycles. The third-order valence-electron chi connectivity index (χ3n) is 5.21. The van der Waals surface area contributed by atoms with E-state index in [2.05, 4.69) is 15.6 Å². The van der Waals surface area contributed by atoms with Crippen molar-refractivity contribution in [2.75, 3.05) is 40.0 Å². The van der Waals surface area contributed by atoms with E-state index >= 15 is 0 Å². The summed E-state index contributed by atoms with van der Waals surface area (Å²) in [6, 6.07) is 6.87. The van der Waals surface area contributed by atoms with Crippen molar-refractivity contribution in [1.82, 2.24) is 10.6 Å². The zero-order chi connectivity index (χ0) is 18.2. The lowest BCUT2D eigenvalue weighted by Crippen LogP contribution is -2.41. The van der Waals surface area contributed by atoms with Gasteiger partial charge in [0.05, 0.1) is 12.7 Å². The van der Waals surface area contributed by atoms with Crippen molar-refractivity contribution >= 4 is 29.9 Å². The van der Waals surface area contributed by atoms with Gasteiger partial charge in [0, 0.05) is 38.8 Å². The van der Waals surface area contributed by atoms with Crippen LogP contribution in [-0.2, 0) is 14.9 Å². The van der Waals surface area contributed by atoms with Gasteiger partial charge in [-0.05, 0) is 49.8 Å². The summed E-state index contributed by atoms with van der Waals surface area (Å²) in [5.41, 5.74) is 1.32. The van der Waals surface area contributed by atoms with E-state index < -0.39 is 0 Å². The van der Waals surface area contributed by atoms with Crippen LogP contribution in [-0.4, -0.2) is 52.0 Å². The molecule has 1 aromatic carbocycles. The third-order valence-corrected chi connectivity index (χ3v) is 5.21. The normalized spacial score (nSPS) is 20.8. The van der Waals surface area contributed by atoms with Crippen molar-refractivity contribution in [1.29, 1.82) is 0 Å². The second-order valence-electron chi connectivity index (χ2n) is 7.20. The van der Waals surface area contributed by atoms with Gasteiger partial charge in [-0.3, -0.25) is 4.99 Å². The Morgan fingerprint density at radius 1 is 1.30 bits per heavy atom. The minimum Gasteiger partial charge on any atom is -0.379 e. The van der Waals surface area contributed by atoms with Crippen molar-refractivity contribution in [2.45, 2.75) is 43.6 Å². The average molecular weight is 491 g/mol. The minimum atomic E-state index is -0.184. The quantitative estimate of drug-likeness (QED) is 0.241. The van der Waals surface area contributed by atoms with Gasteiger partial charge in [0.1, 0.15) is 5.82 Å². The standard InChI is InChI=1S/C20H30FN3O2.HI/c1-22-19(23-11-3-12-25-14-18-4-2-13-26-18)24-15-20(9-10-20)16-5-7-17(21)8-6-16;/h5-8,18H,2-4,9-15H2,1H3,(H2,22,23,24);1H. The van der Waals surface area contributed by atoms with Crippen molar-refractivity contribution in [3.8, 4) is 0 Å². The van der Waals surface area contributed by atoms with Gasteiger partial charge in [-0.1, -0.05) is 12.1 Å². The van der Waals surface area contributed by atoms with Gasteiger partial charge in [-0.2, -0.15) is 0 Å². The number of guanidine groups is 1. The van der Waals surface area contributed by atoms with E-state index in [0.717, 1.165) is 64.4 Å². The molecule has 0 radical (unpaired) electrons. The number of aliphatic imine (C=N–C) groups is 1. The highest BCUT2D eigenvalue weighted by molar-refractivity contribution is 14.0. The molecule has 1 heterocycles. The lowest BCUT2D eigenvalue weighted by molar-refractivity contribution is 0.0168. The first kappa shape index (κ1) is 22.4. The van der Waals surface area contributed by atoms with Gasteiger partial charge in [0.2, 0.25) is 0 Å². The predicted molar refractivity (Wildman–Crippen MR) is 117 cm³/mol. The van der Waals surface area contributed by atoms with Crippen molar-refractivity contribution in [2.24, 2.45) is 4.99 Å². The first-order chi connectivity index (χ1) is 12.7. The lowest BCUT2D eigenvalue weighted by Gasteiger charge is -2.19. The van der Waals surface area contributed by atoms with E-state index in [9.17, 15) is 4.39 Å². The Balaban J connectivity index is 0.00000261. The fourth-order valence-corrected chi connectivity index (χ4v) is 3.37. The Morgan fingerprint density at radius 2 is 2.07 bits per heavy atom. The summed E-state index contributed by atoms with van der Waals surface area (Å²) in [6.45, 7) is 3.93. The predicted octanol–water partition coefficient (Wildman–Crippen LogP) is 3.23. The molecule has 152 valence electrons. The molecule has 0 spiro atoms. The molecule has 27 heavy (non-hydrogen) atoms. The van der Waals surface area contributed by atoms with E-state index in [1.807, 2.05) is 12.1 Å². The van der Waals surface area contributed by atoms with Gasteiger partial charge in [0.15, 0.2) is 5.96 Å². The highest BCUT2D eigenvalue weighted by Crippen LogP contribution is 2.47. The zero-order valence-corrected chi connectivity index (χ0v) is 18.3. The summed E-state index contributed by atoms with van der Waals surface area (Å²) < 4.78 is 24.3. The maximum absolute atomic E-state index is 13.1. The topological polar surface area (TPSA) is 54.9 Å². The molecule has 0 aromatic heterocycles. The first-order valence-corrected chi connectivity index (χ1v) is 9.62. The summed E-state index contributed by atoms with van der Waals surface area (Å²) >= 11 is 0. The number of nitrogens with one attached hydrogen (secondary N) is 2. The van der Waals surface area contributed by atoms with Gasteiger partial charge in [0.25, 0.3) is 0 Å². The molecule has 7 heteroatoms. The summed E-state index contributed by atoms with van der Waals surface area (Å²) in [5, 5.41) is 6.73. The molecular formula is C20H31FIN3O2. The molecule has 1 saturated carbocycles. The number of rotatable bonds is 9. The molecule has 2 fully saturated rings. The molecule has 0 bridgehead atoms.